The molecular formula is C27H25NO3. The molecule has 1 fully saturated rings. The van der Waals surface area contributed by atoms with Gasteiger partial charge in [0, 0.05) is 22.9 Å². The highest BCUT2D eigenvalue weighted by atomic mass is 16.3. The molecule has 4 nitrogen and oxygen atoms in total. The van der Waals surface area contributed by atoms with E-state index in [-0.39, 0.29) is 22.5 Å². The third kappa shape index (κ3) is 3.48. The smallest absolute Gasteiger partial charge is 0.197 e. The average Bonchev–Trinajstić information content (AvgIpc) is 2.80. The second kappa shape index (κ2) is 7.95. The van der Waals surface area contributed by atoms with E-state index in [1.165, 1.54) is 12.5 Å². The Morgan fingerprint density at radius 1 is 0.871 bits per heavy atom. The van der Waals surface area contributed by atoms with Gasteiger partial charge in [-0.3, -0.25) is 4.79 Å². The molecule has 1 heterocycles. The Morgan fingerprint density at radius 3 is 2.32 bits per heavy atom. The fourth-order valence-electron chi connectivity index (χ4n) is 4.84. The standard InChI is InChI=1S/C27H25NO3/c28-21-14-8-7-13-19(21)24-16-23(30)26-22(29)15-20(17-9-3-1-4-10-17)25(27(26)31-24)18-11-5-2-6-12-18/h1,3-4,7-10,13-16,18,29H,2,5-6,11-12,28H2. The van der Waals surface area contributed by atoms with Crippen LogP contribution >= 0.6 is 0 Å². The molecule has 0 saturated heterocycles. The Labute approximate surface area is 181 Å². The number of phenolic OH excluding ortho intramolecular Hbond substituents is 1. The molecule has 1 aliphatic carbocycles. The van der Waals surface area contributed by atoms with Crippen molar-refractivity contribution in [3.63, 3.8) is 0 Å². The van der Waals surface area contributed by atoms with Gasteiger partial charge in [0.15, 0.2) is 5.43 Å². The molecule has 5 rings (SSSR count). The number of anilines is 1. The van der Waals surface area contributed by atoms with Gasteiger partial charge in [0.25, 0.3) is 0 Å². The SMILES string of the molecule is Nc1ccccc1-c1cc(=O)c2c(O)cc(-c3ccccc3)c(C3CCCCC3)c2o1. The van der Waals surface area contributed by atoms with E-state index < -0.39 is 0 Å². The molecule has 0 atom stereocenters. The first-order valence-electron chi connectivity index (χ1n) is 10.9. The zero-order valence-corrected chi connectivity index (χ0v) is 17.3. The highest BCUT2D eigenvalue weighted by Gasteiger charge is 2.26. The van der Waals surface area contributed by atoms with E-state index in [1.54, 1.807) is 12.1 Å². The van der Waals surface area contributed by atoms with Crippen LogP contribution in [0.15, 0.2) is 75.9 Å². The van der Waals surface area contributed by atoms with Crippen LogP contribution in [0, 0.1) is 0 Å². The Kier molecular flexibility index (Phi) is 4.99. The largest absolute Gasteiger partial charge is 0.507 e. The van der Waals surface area contributed by atoms with Crippen molar-refractivity contribution < 1.29 is 9.52 Å². The molecule has 1 aliphatic rings. The number of aromatic hydroxyl groups is 1. The summed E-state index contributed by atoms with van der Waals surface area (Å²) in [6.45, 7) is 0. The van der Waals surface area contributed by atoms with Crippen LogP contribution in [0.2, 0.25) is 0 Å². The minimum Gasteiger partial charge on any atom is -0.507 e. The molecule has 0 radical (unpaired) electrons. The predicted octanol–water partition coefficient (Wildman–Crippen LogP) is 6.46. The minimum absolute atomic E-state index is 0.0465. The van der Waals surface area contributed by atoms with Gasteiger partial charge in [-0.05, 0) is 48.1 Å². The fourth-order valence-corrected chi connectivity index (χ4v) is 4.84. The summed E-state index contributed by atoms with van der Waals surface area (Å²) in [6.07, 6.45) is 5.61. The van der Waals surface area contributed by atoms with E-state index in [9.17, 15) is 9.90 Å². The van der Waals surface area contributed by atoms with Crippen molar-refractivity contribution in [1.29, 1.82) is 0 Å². The molecule has 4 aromatic rings. The van der Waals surface area contributed by atoms with Crippen molar-refractivity contribution in [3.8, 4) is 28.2 Å². The fraction of sp³-hybridized carbons (Fsp3) is 0.222. The summed E-state index contributed by atoms with van der Waals surface area (Å²) in [7, 11) is 0. The van der Waals surface area contributed by atoms with Gasteiger partial charge in [-0.25, -0.2) is 0 Å². The van der Waals surface area contributed by atoms with Crippen LogP contribution < -0.4 is 11.2 Å². The highest BCUT2D eigenvalue weighted by Crippen LogP contribution is 2.45. The lowest BCUT2D eigenvalue weighted by Gasteiger charge is -2.26. The van der Waals surface area contributed by atoms with Gasteiger partial charge in [0.05, 0.1) is 0 Å². The van der Waals surface area contributed by atoms with Crippen molar-refractivity contribution in [2.75, 3.05) is 5.73 Å². The van der Waals surface area contributed by atoms with Crippen LogP contribution in [0.3, 0.4) is 0 Å². The summed E-state index contributed by atoms with van der Waals surface area (Å²) < 4.78 is 6.40. The first-order valence-corrected chi connectivity index (χ1v) is 10.9. The molecule has 1 saturated carbocycles. The maximum Gasteiger partial charge on any atom is 0.197 e. The van der Waals surface area contributed by atoms with Gasteiger partial charge >= 0.3 is 0 Å². The number of rotatable bonds is 3. The normalized spacial score (nSPS) is 14.7. The number of hydrogen-bond acceptors (Lipinski definition) is 4. The minimum atomic E-state index is -0.256. The summed E-state index contributed by atoms with van der Waals surface area (Å²) in [6, 6.07) is 20.5. The van der Waals surface area contributed by atoms with Crippen LogP contribution in [0.4, 0.5) is 5.69 Å². The lowest BCUT2D eigenvalue weighted by atomic mass is 9.79. The molecule has 3 N–H and O–H groups in total. The number of para-hydroxylation sites is 1. The lowest BCUT2D eigenvalue weighted by molar-refractivity contribution is 0.440. The quantitative estimate of drug-likeness (QED) is 0.379. The molecule has 0 aliphatic heterocycles. The second-order valence-corrected chi connectivity index (χ2v) is 8.32. The van der Waals surface area contributed by atoms with Gasteiger partial charge in [-0.2, -0.15) is 0 Å². The van der Waals surface area contributed by atoms with Gasteiger partial charge in [0.2, 0.25) is 0 Å². The van der Waals surface area contributed by atoms with Gasteiger partial charge < -0.3 is 15.3 Å². The number of hydrogen-bond donors (Lipinski definition) is 2. The summed E-state index contributed by atoms with van der Waals surface area (Å²) in [5, 5.41) is 11.1. The van der Waals surface area contributed by atoms with Crippen LogP contribution in [0.25, 0.3) is 33.4 Å². The summed E-state index contributed by atoms with van der Waals surface area (Å²) in [5.74, 6) is 0.658. The summed E-state index contributed by atoms with van der Waals surface area (Å²) >= 11 is 0. The highest BCUT2D eigenvalue weighted by molar-refractivity contribution is 5.94. The zero-order chi connectivity index (χ0) is 21.4. The third-order valence-electron chi connectivity index (χ3n) is 6.34. The van der Waals surface area contributed by atoms with Gasteiger partial charge in [-0.1, -0.05) is 61.7 Å². The molecule has 0 amide bonds. The topological polar surface area (TPSA) is 76.5 Å². The van der Waals surface area contributed by atoms with E-state index in [0.717, 1.165) is 42.4 Å². The van der Waals surface area contributed by atoms with Gasteiger partial charge in [0.1, 0.15) is 22.5 Å². The summed E-state index contributed by atoms with van der Waals surface area (Å²) in [4.78, 5) is 13.1. The van der Waals surface area contributed by atoms with Crippen molar-refractivity contribution >= 4 is 16.7 Å². The van der Waals surface area contributed by atoms with Crippen molar-refractivity contribution in [2.24, 2.45) is 0 Å². The Hall–Kier alpha value is -3.53. The Balaban J connectivity index is 1.86. The lowest BCUT2D eigenvalue weighted by Crippen LogP contribution is -2.10. The van der Waals surface area contributed by atoms with Crippen LogP contribution in [-0.4, -0.2) is 5.11 Å². The molecule has 31 heavy (non-hydrogen) atoms. The van der Waals surface area contributed by atoms with Crippen LogP contribution in [-0.2, 0) is 0 Å². The molecule has 3 aromatic carbocycles. The molecule has 1 aromatic heterocycles. The molecule has 0 spiro atoms. The molecule has 0 bridgehead atoms. The number of nitrogen functional groups attached to an aromatic ring is 1. The first kappa shape index (κ1) is 19.4. The average molecular weight is 412 g/mol. The Bertz CT molecular complexity index is 1300. The van der Waals surface area contributed by atoms with Gasteiger partial charge in [-0.15, -0.1) is 0 Å². The third-order valence-corrected chi connectivity index (χ3v) is 6.34. The van der Waals surface area contributed by atoms with Crippen LogP contribution in [0.1, 0.15) is 43.6 Å². The van der Waals surface area contributed by atoms with E-state index >= 15 is 0 Å². The van der Waals surface area contributed by atoms with Crippen molar-refractivity contribution in [2.45, 2.75) is 38.0 Å². The first-order chi connectivity index (χ1) is 15.1. The second-order valence-electron chi connectivity index (χ2n) is 8.32. The van der Waals surface area contributed by atoms with Crippen LogP contribution in [0.5, 0.6) is 5.75 Å². The number of fused-ring (bicyclic) bond motifs is 1. The Morgan fingerprint density at radius 2 is 1.58 bits per heavy atom. The van der Waals surface area contributed by atoms with Crippen molar-refractivity contribution in [1.82, 2.24) is 0 Å². The van der Waals surface area contributed by atoms with E-state index in [1.807, 2.05) is 48.5 Å². The molecule has 156 valence electrons. The predicted molar refractivity (Wildman–Crippen MR) is 125 cm³/mol. The van der Waals surface area contributed by atoms with E-state index in [4.69, 9.17) is 10.2 Å². The molecule has 4 heteroatoms. The number of benzene rings is 3. The van der Waals surface area contributed by atoms with Crippen molar-refractivity contribution in [3.05, 3.63) is 82.5 Å². The number of nitrogens with two attached hydrogens (primary N) is 1. The zero-order valence-electron chi connectivity index (χ0n) is 17.3. The molecular weight excluding hydrogens is 386 g/mol. The maximum absolute atomic E-state index is 13.1. The monoisotopic (exact) mass is 411 g/mol. The summed E-state index contributed by atoms with van der Waals surface area (Å²) in [5.41, 5.74) is 10.6. The van der Waals surface area contributed by atoms with E-state index in [2.05, 4.69) is 0 Å². The molecule has 0 unspecified atom stereocenters. The van der Waals surface area contributed by atoms with E-state index in [0.29, 0.717) is 22.6 Å². The maximum atomic E-state index is 13.1. The number of phenols is 1.